The summed E-state index contributed by atoms with van der Waals surface area (Å²) in [4.78, 5) is 11.6. The van der Waals surface area contributed by atoms with Gasteiger partial charge in [0.05, 0.1) is 13.2 Å². The molecule has 0 radical (unpaired) electrons. The fourth-order valence-electron chi connectivity index (χ4n) is 1.82. The van der Waals surface area contributed by atoms with Gasteiger partial charge in [0.15, 0.2) is 0 Å². The van der Waals surface area contributed by atoms with Gasteiger partial charge in [-0.05, 0) is 19.8 Å². The second kappa shape index (κ2) is 4.79. The minimum atomic E-state index is -0.553. The molecule has 0 aromatic carbocycles. The lowest BCUT2D eigenvalue weighted by atomic mass is 9.98. The first-order valence-electron chi connectivity index (χ1n) is 5.45. The summed E-state index contributed by atoms with van der Waals surface area (Å²) in [5.74, 6) is -0.212. The molecule has 0 amide bonds. The van der Waals surface area contributed by atoms with Crippen molar-refractivity contribution in [3.05, 3.63) is 12.2 Å². The van der Waals surface area contributed by atoms with Crippen molar-refractivity contribution in [1.82, 2.24) is 0 Å². The molecule has 0 aromatic rings. The summed E-state index contributed by atoms with van der Waals surface area (Å²) in [6, 6.07) is 0. The van der Waals surface area contributed by atoms with E-state index >= 15 is 0 Å². The van der Waals surface area contributed by atoms with Crippen molar-refractivity contribution in [3.8, 4) is 0 Å². The van der Waals surface area contributed by atoms with Gasteiger partial charge in [-0.1, -0.05) is 25.5 Å². The zero-order valence-electron chi connectivity index (χ0n) is 9.84. The maximum Gasteiger partial charge on any atom is 0.318 e. The number of ether oxygens (including phenoxy) is 2. The molecule has 3 nitrogen and oxygen atoms in total. The number of methoxy groups -OCH3 is 1. The predicted octanol–water partition coefficient (Wildman–Crippen LogP) is 2.31. The molecule has 86 valence electrons. The van der Waals surface area contributed by atoms with Gasteiger partial charge in [0.25, 0.3) is 0 Å². The van der Waals surface area contributed by atoms with Crippen LogP contribution in [0.25, 0.3) is 0 Å². The molecule has 0 heterocycles. The lowest BCUT2D eigenvalue weighted by Gasteiger charge is -2.14. The third kappa shape index (κ3) is 2.23. The number of hydrogen-bond donors (Lipinski definition) is 0. The highest BCUT2D eigenvalue weighted by atomic mass is 16.5. The molecule has 0 saturated heterocycles. The van der Waals surface area contributed by atoms with Crippen LogP contribution >= 0.6 is 0 Å². The Morgan fingerprint density at radius 2 is 2.27 bits per heavy atom. The first kappa shape index (κ1) is 12.2. The first-order valence-corrected chi connectivity index (χ1v) is 5.45. The molecule has 0 N–H and O–H groups in total. The van der Waals surface area contributed by atoms with Crippen molar-refractivity contribution in [2.75, 3.05) is 13.7 Å². The van der Waals surface area contributed by atoms with Crippen LogP contribution in [0.1, 0.15) is 33.1 Å². The van der Waals surface area contributed by atoms with Crippen LogP contribution in [0, 0.1) is 5.41 Å². The molecule has 1 aliphatic rings. The SMILES string of the molecule is C=C(C)[C@]1(C(=O)OC)C[C@@H]1OCCCC. The van der Waals surface area contributed by atoms with Gasteiger partial charge in [-0.3, -0.25) is 4.79 Å². The number of esters is 1. The average Bonchev–Trinajstić information content (AvgIpc) is 2.93. The maximum absolute atomic E-state index is 11.6. The Balaban J connectivity index is 2.51. The summed E-state index contributed by atoms with van der Waals surface area (Å²) in [5, 5.41) is 0. The van der Waals surface area contributed by atoms with E-state index in [0.29, 0.717) is 6.61 Å². The number of carbonyl (C=O) groups excluding carboxylic acids is 1. The molecule has 0 unspecified atom stereocenters. The fourth-order valence-corrected chi connectivity index (χ4v) is 1.82. The predicted molar refractivity (Wildman–Crippen MR) is 58.5 cm³/mol. The number of carbonyl (C=O) groups is 1. The van der Waals surface area contributed by atoms with E-state index in [-0.39, 0.29) is 12.1 Å². The quantitative estimate of drug-likeness (QED) is 0.385. The lowest BCUT2D eigenvalue weighted by molar-refractivity contribution is -0.147. The van der Waals surface area contributed by atoms with Crippen LogP contribution in [0.2, 0.25) is 0 Å². The van der Waals surface area contributed by atoms with Gasteiger partial charge in [-0.25, -0.2) is 0 Å². The summed E-state index contributed by atoms with van der Waals surface area (Å²) < 4.78 is 10.4. The van der Waals surface area contributed by atoms with Crippen molar-refractivity contribution in [1.29, 1.82) is 0 Å². The molecule has 1 aliphatic carbocycles. The molecule has 15 heavy (non-hydrogen) atoms. The van der Waals surface area contributed by atoms with Gasteiger partial charge in [-0.15, -0.1) is 0 Å². The van der Waals surface area contributed by atoms with Crippen molar-refractivity contribution < 1.29 is 14.3 Å². The Morgan fingerprint density at radius 3 is 2.73 bits per heavy atom. The van der Waals surface area contributed by atoms with Gasteiger partial charge in [0.2, 0.25) is 0 Å². The van der Waals surface area contributed by atoms with Crippen molar-refractivity contribution >= 4 is 5.97 Å². The average molecular weight is 212 g/mol. The normalized spacial score (nSPS) is 28.6. The van der Waals surface area contributed by atoms with Gasteiger partial charge >= 0.3 is 5.97 Å². The second-order valence-electron chi connectivity index (χ2n) is 4.16. The topological polar surface area (TPSA) is 35.5 Å². The Hall–Kier alpha value is -0.830. The van der Waals surface area contributed by atoms with Gasteiger partial charge in [0, 0.05) is 6.61 Å². The minimum absolute atomic E-state index is 0.0194. The number of hydrogen-bond acceptors (Lipinski definition) is 3. The van der Waals surface area contributed by atoms with Crippen LogP contribution in [-0.2, 0) is 14.3 Å². The highest BCUT2D eigenvalue weighted by molar-refractivity contribution is 5.85. The lowest BCUT2D eigenvalue weighted by Crippen LogP contribution is -2.23. The van der Waals surface area contributed by atoms with E-state index in [1.165, 1.54) is 7.11 Å². The summed E-state index contributed by atoms with van der Waals surface area (Å²) in [6.45, 7) is 8.55. The molecular formula is C12H20O3. The molecule has 0 spiro atoms. The number of rotatable bonds is 6. The standard InChI is InChI=1S/C12H20O3/c1-5-6-7-15-10-8-12(10,9(2)3)11(13)14-4/h10H,2,5-8H2,1,3-4H3/t10-,12+/m0/s1. The third-order valence-corrected chi connectivity index (χ3v) is 3.03. The van der Waals surface area contributed by atoms with E-state index in [9.17, 15) is 4.79 Å². The molecule has 0 aromatic heterocycles. The molecule has 0 bridgehead atoms. The van der Waals surface area contributed by atoms with E-state index in [1.807, 2.05) is 6.92 Å². The highest BCUT2D eigenvalue weighted by Gasteiger charge is 2.62. The van der Waals surface area contributed by atoms with E-state index in [4.69, 9.17) is 9.47 Å². The van der Waals surface area contributed by atoms with Crippen molar-refractivity contribution in [2.45, 2.75) is 39.2 Å². The monoisotopic (exact) mass is 212 g/mol. The highest BCUT2D eigenvalue weighted by Crippen LogP contribution is 2.54. The summed E-state index contributed by atoms with van der Waals surface area (Å²) >= 11 is 0. The van der Waals surface area contributed by atoms with Crippen molar-refractivity contribution in [2.24, 2.45) is 5.41 Å². The van der Waals surface area contributed by atoms with E-state index in [2.05, 4.69) is 13.5 Å². The Labute approximate surface area is 91.4 Å². The largest absolute Gasteiger partial charge is 0.468 e. The molecule has 2 atom stereocenters. The summed E-state index contributed by atoms with van der Waals surface area (Å²) in [7, 11) is 1.41. The van der Waals surface area contributed by atoms with Gasteiger partial charge < -0.3 is 9.47 Å². The van der Waals surface area contributed by atoms with Crippen LogP contribution in [0.5, 0.6) is 0 Å². The van der Waals surface area contributed by atoms with Gasteiger partial charge in [0.1, 0.15) is 5.41 Å². The number of unbranched alkanes of at least 4 members (excludes halogenated alkanes) is 1. The van der Waals surface area contributed by atoms with Crippen LogP contribution < -0.4 is 0 Å². The molecule has 0 aliphatic heterocycles. The van der Waals surface area contributed by atoms with E-state index in [0.717, 1.165) is 24.8 Å². The molecule has 1 fully saturated rings. The Kier molecular flexibility index (Phi) is 3.91. The third-order valence-electron chi connectivity index (χ3n) is 3.03. The molecular weight excluding hydrogens is 192 g/mol. The van der Waals surface area contributed by atoms with Gasteiger partial charge in [-0.2, -0.15) is 0 Å². The zero-order chi connectivity index (χ0) is 11.5. The second-order valence-corrected chi connectivity index (χ2v) is 4.16. The zero-order valence-corrected chi connectivity index (χ0v) is 9.84. The van der Waals surface area contributed by atoms with Crippen LogP contribution in [0.4, 0.5) is 0 Å². The smallest absolute Gasteiger partial charge is 0.318 e. The van der Waals surface area contributed by atoms with Crippen LogP contribution in [0.3, 0.4) is 0 Å². The first-order chi connectivity index (χ1) is 7.09. The van der Waals surface area contributed by atoms with Crippen molar-refractivity contribution in [3.63, 3.8) is 0 Å². The van der Waals surface area contributed by atoms with E-state index < -0.39 is 5.41 Å². The van der Waals surface area contributed by atoms with Crippen LogP contribution in [-0.4, -0.2) is 25.8 Å². The Bertz CT molecular complexity index is 260. The van der Waals surface area contributed by atoms with E-state index in [1.54, 1.807) is 0 Å². The maximum atomic E-state index is 11.6. The molecule has 1 saturated carbocycles. The minimum Gasteiger partial charge on any atom is -0.468 e. The molecule has 3 heteroatoms. The Morgan fingerprint density at radius 1 is 1.60 bits per heavy atom. The van der Waals surface area contributed by atoms with Crippen LogP contribution in [0.15, 0.2) is 12.2 Å². The summed E-state index contributed by atoms with van der Waals surface area (Å²) in [5.41, 5.74) is 0.290. The summed E-state index contributed by atoms with van der Waals surface area (Å²) in [6.07, 6.45) is 2.84. The fraction of sp³-hybridized carbons (Fsp3) is 0.750. The molecule has 1 rings (SSSR count).